The average Bonchev–Trinajstić information content (AvgIpc) is 3.40. The third-order valence-electron chi connectivity index (χ3n) is 7.98. The second-order valence-electron chi connectivity index (χ2n) is 10.5. The molecule has 2 N–H and O–H groups in total. The molecule has 2 aromatic heterocycles. The normalized spacial score (nSPS) is 19.3. The molecule has 2 atom stereocenters. The van der Waals surface area contributed by atoms with Gasteiger partial charge in [-0.25, -0.2) is 27.7 Å². The van der Waals surface area contributed by atoms with Crippen LogP contribution in [-0.4, -0.2) is 95.9 Å². The van der Waals surface area contributed by atoms with Crippen molar-refractivity contribution in [2.75, 3.05) is 50.6 Å². The quantitative estimate of drug-likeness (QED) is 0.353. The van der Waals surface area contributed by atoms with Crippen molar-refractivity contribution in [3.63, 3.8) is 0 Å². The number of rotatable bonds is 8. The number of alkyl halides is 1. The standard InChI is InChI=1S/C29H33F3N6O5/c1-42-26(43-2)16-37(19-8-11-36(12-9-19)29(40)41)28(39)34-23-7-10-33-22-5-6-25(35-27(22)23)38-15-18(31)14-24(38)20-13-17(30)3-4-21(20)32/h3-7,10,13,18-19,24,26H,8-9,11-12,14-16H2,1-2H3,(H,40,41)(H,33,34,39)/t18-,24+/m0/s1. The molecule has 0 unspecified atom stereocenters. The van der Waals surface area contributed by atoms with E-state index >= 15 is 0 Å². The minimum atomic E-state index is -1.28. The number of nitrogens with one attached hydrogen (secondary N) is 1. The first-order valence-corrected chi connectivity index (χ1v) is 13.9. The molecule has 0 aliphatic carbocycles. The predicted molar refractivity (Wildman–Crippen MR) is 152 cm³/mol. The van der Waals surface area contributed by atoms with Crippen LogP contribution in [0.4, 0.5) is 34.3 Å². The number of carbonyl (C=O) groups excluding carboxylic acids is 1. The summed E-state index contributed by atoms with van der Waals surface area (Å²) in [6.07, 6.45) is -0.675. The van der Waals surface area contributed by atoms with Gasteiger partial charge in [0.15, 0.2) is 6.29 Å². The van der Waals surface area contributed by atoms with E-state index in [0.717, 1.165) is 18.2 Å². The molecule has 0 bridgehead atoms. The van der Waals surface area contributed by atoms with E-state index in [0.29, 0.717) is 35.4 Å². The monoisotopic (exact) mass is 602 g/mol. The van der Waals surface area contributed by atoms with E-state index in [1.807, 2.05) is 0 Å². The van der Waals surface area contributed by atoms with Gasteiger partial charge in [0.05, 0.1) is 30.3 Å². The first-order chi connectivity index (χ1) is 20.7. The van der Waals surface area contributed by atoms with Gasteiger partial charge < -0.3 is 34.6 Å². The number of carboxylic acid groups (broad SMARTS) is 1. The van der Waals surface area contributed by atoms with Gasteiger partial charge in [-0.3, -0.25) is 4.98 Å². The Bertz CT molecular complexity index is 1470. The van der Waals surface area contributed by atoms with Gasteiger partial charge in [-0.1, -0.05) is 0 Å². The van der Waals surface area contributed by atoms with Crippen LogP contribution in [0.2, 0.25) is 0 Å². The fourth-order valence-corrected chi connectivity index (χ4v) is 5.74. The van der Waals surface area contributed by atoms with Gasteiger partial charge in [0.25, 0.3) is 0 Å². The number of hydrogen-bond acceptors (Lipinski definition) is 7. The van der Waals surface area contributed by atoms with Gasteiger partial charge in [0.1, 0.15) is 29.1 Å². The third kappa shape index (κ3) is 6.59. The number of halogens is 3. The van der Waals surface area contributed by atoms with Crippen molar-refractivity contribution in [2.45, 2.75) is 43.8 Å². The summed E-state index contributed by atoms with van der Waals surface area (Å²) in [6, 6.07) is 6.45. The summed E-state index contributed by atoms with van der Waals surface area (Å²) in [5, 5.41) is 12.2. The number of fused-ring (bicyclic) bond motifs is 1. The lowest BCUT2D eigenvalue weighted by atomic mass is 10.0. The number of aromatic nitrogens is 2. The molecule has 11 nitrogen and oxygen atoms in total. The maximum absolute atomic E-state index is 14.7. The molecule has 230 valence electrons. The number of piperidine rings is 1. The zero-order valence-electron chi connectivity index (χ0n) is 23.8. The van der Waals surface area contributed by atoms with Crippen LogP contribution in [0.25, 0.3) is 11.0 Å². The second kappa shape index (κ2) is 13.0. The molecule has 3 amide bonds. The molecular formula is C29H33F3N6O5. The molecule has 0 radical (unpaired) electrons. The van der Waals surface area contributed by atoms with Crippen molar-refractivity contribution in [3.8, 4) is 0 Å². The maximum atomic E-state index is 14.7. The number of anilines is 2. The van der Waals surface area contributed by atoms with Crippen LogP contribution in [0, 0.1) is 11.6 Å². The molecule has 4 heterocycles. The molecule has 0 spiro atoms. The highest BCUT2D eigenvalue weighted by molar-refractivity contribution is 5.99. The lowest BCUT2D eigenvalue weighted by Crippen LogP contribution is -2.52. The number of amides is 3. The number of ether oxygens (including phenoxy) is 2. The number of benzene rings is 1. The first kappa shape index (κ1) is 30.3. The van der Waals surface area contributed by atoms with Gasteiger partial charge in [0, 0.05) is 51.5 Å². The molecule has 1 aromatic carbocycles. The van der Waals surface area contributed by atoms with Gasteiger partial charge in [-0.05, 0) is 49.2 Å². The van der Waals surface area contributed by atoms with Crippen molar-refractivity contribution >= 4 is 34.7 Å². The molecule has 5 rings (SSSR count). The van der Waals surface area contributed by atoms with Gasteiger partial charge in [-0.15, -0.1) is 0 Å². The number of methoxy groups -OCH3 is 2. The van der Waals surface area contributed by atoms with Crippen molar-refractivity contribution in [2.24, 2.45) is 0 Å². The predicted octanol–water partition coefficient (Wildman–Crippen LogP) is 4.79. The Morgan fingerprint density at radius 2 is 1.88 bits per heavy atom. The zero-order chi connectivity index (χ0) is 30.7. The molecule has 3 aromatic rings. The maximum Gasteiger partial charge on any atom is 0.407 e. The van der Waals surface area contributed by atoms with Gasteiger partial charge in [-0.2, -0.15) is 0 Å². The summed E-state index contributed by atoms with van der Waals surface area (Å²) in [5.41, 5.74) is 1.15. The smallest absolute Gasteiger partial charge is 0.407 e. The number of urea groups is 1. The van der Waals surface area contributed by atoms with Crippen molar-refractivity contribution in [1.82, 2.24) is 19.8 Å². The summed E-state index contributed by atoms with van der Waals surface area (Å²) in [4.78, 5) is 38.6. The van der Waals surface area contributed by atoms with Crippen LogP contribution in [0.15, 0.2) is 42.6 Å². The Hall–Kier alpha value is -4.17. The van der Waals surface area contributed by atoms with Crippen LogP contribution >= 0.6 is 0 Å². The topological polar surface area (TPSA) is 120 Å². The Morgan fingerprint density at radius 3 is 2.58 bits per heavy atom. The van der Waals surface area contributed by atoms with E-state index < -0.39 is 42.3 Å². The largest absolute Gasteiger partial charge is 0.465 e. The van der Waals surface area contributed by atoms with Crippen molar-refractivity contribution in [1.29, 1.82) is 0 Å². The molecule has 2 aliphatic heterocycles. The van der Waals surface area contributed by atoms with Crippen molar-refractivity contribution in [3.05, 3.63) is 59.8 Å². The second-order valence-corrected chi connectivity index (χ2v) is 10.5. The highest BCUT2D eigenvalue weighted by Gasteiger charge is 2.36. The zero-order valence-corrected chi connectivity index (χ0v) is 23.8. The van der Waals surface area contributed by atoms with Crippen LogP contribution in [-0.2, 0) is 9.47 Å². The van der Waals surface area contributed by atoms with E-state index in [2.05, 4.69) is 10.3 Å². The summed E-state index contributed by atoms with van der Waals surface area (Å²) >= 11 is 0. The Kier molecular flexibility index (Phi) is 9.16. The highest BCUT2D eigenvalue weighted by Crippen LogP contribution is 2.39. The van der Waals surface area contributed by atoms with E-state index in [4.69, 9.17) is 14.5 Å². The lowest BCUT2D eigenvalue weighted by molar-refractivity contribution is -0.115. The van der Waals surface area contributed by atoms with E-state index in [1.165, 1.54) is 25.3 Å². The molecule has 0 saturated carbocycles. The number of hydrogen-bond donors (Lipinski definition) is 2. The highest BCUT2D eigenvalue weighted by atomic mass is 19.1. The van der Waals surface area contributed by atoms with Crippen LogP contribution in [0.5, 0.6) is 0 Å². The minimum Gasteiger partial charge on any atom is -0.465 e. The Morgan fingerprint density at radius 1 is 1.14 bits per heavy atom. The summed E-state index contributed by atoms with van der Waals surface area (Å²) in [5.74, 6) is -0.941. The number of nitrogens with zero attached hydrogens (tertiary/aromatic N) is 5. The number of carbonyl (C=O) groups is 2. The van der Waals surface area contributed by atoms with Gasteiger partial charge in [0.2, 0.25) is 0 Å². The average molecular weight is 603 g/mol. The summed E-state index contributed by atoms with van der Waals surface area (Å²) < 4.78 is 54.0. The minimum absolute atomic E-state index is 0.0352. The molecule has 14 heteroatoms. The number of likely N-dealkylation sites (tertiary alicyclic amines) is 1. The fourth-order valence-electron chi connectivity index (χ4n) is 5.74. The number of pyridine rings is 2. The van der Waals surface area contributed by atoms with E-state index in [-0.39, 0.29) is 44.2 Å². The summed E-state index contributed by atoms with van der Waals surface area (Å²) in [6.45, 7) is 0.566. The Labute approximate surface area is 246 Å². The molecule has 2 saturated heterocycles. The molecule has 2 aliphatic rings. The molecule has 43 heavy (non-hydrogen) atoms. The third-order valence-corrected chi connectivity index (χ3v) is 7.98. The van der Waals surface area contributed by atoms with E-state index in [9.17, 15) is 27.9 Å². The molecular weight excluding hydrogens is 569 g/mol. The lowest BCUT2D eigenvalue weighted by Gasteiger charge is -2.38. The first-order valence-electron chi connectivity index (χ1n) is 13.9. The van der Waals surface area contributed by atoms with Gasteiger partial charge >= 0.3 is 12.1 Å². The van der Waals surface area contributed by atoms with E-state index in [1.54, 1.807) is 28.0 Å². The Balaban J connectivity index is 1.43. The van der Waals surface area contributed by atoms with Crippen LogP contribution in [0.1, 0.15) is 30.9 Å². The van der Waals surface area contributed by atoms with Crippen molar-refractivity contribution < 1.29 is 37.3 Å². The summed E-state index contributed by atoms with van der Waals surface area (Å²) in [7, 11) is 2.92. The molecule has 2 fully saturated rings. The van der Waals surface area contributed by atoms with Crippen LogP contribution in [0.3, 0.4) is 0 Å². The SMILES string of the molecule is COC(CN(C(=O)Nc1ccnc2ccc(N3C[C@@H](F)C[C@@H]3c3cc(F)ccc3F)nc12)C1CCN(C(=O)O)CC1)OC. The fraction of sp³-hybridized carbons (Fsp3) is 0.448. The van der Waals surface area contributed by atoms with Crippen LogP contribution < -0.4 is 10.2 Å².